The third-order valence-electron chi connectivity index (χ3n) is 1.88. The van der Waals surface area contributed by atoms with Crippen molar-refractivity contribution in [2.24, 2.45) is 0 Å². The SMILES string of the molecule is O=C(NC(CS(=O)(=O)O)C(=O)O)c1ccccn1. The van der Waals surface area contributed by atoms with E-state index in [1.807, 2.05) is 5.32 Å². The van der Waals surface area contributed by atoms with Gasteiger partial charge in [0.25, 0.3) is 16.0 Å². The van der Waals surface area contributed by atoms with Crippen LogP contribution < -0.4 is 5.32 Å². The van der Waals surface area contributed by atoms with Crippen molar-refractivity contribution in [1.29, 1.82) is 0 Å². The molecule has 0 fully saturated rings. The molecule has 1 aromatic rings. The van der Waals surface area contributed by atoms with Crippen molar-refractivity contribution >= 4 is 22.0 Å². The van der Waals surface area contributed by atoms with E-state index >= 15 is 0 Å². The first-order chi connectivity index (χ1) is 8.29. The number of amides is 1. The molecule has 1 amide bonds. The highest BCUT2D eigenvalue weighted by molar-refractivity contribution is 7.85. The number of rotatable bonds is 5. The molecule has 0 radical (unpaired) electrons. The minimum absolute atomic E-state index is 0.0564. The Hall–Kier alpha value is -2.00. The molecule has 0 aliphatic heterocycles. The zero-order valence-corrected chi connectivity index (χ0v) is 9.79. The molecule has 1 rings (SSSR count). The molecule has 0 saturated carbocycles. The number of nitrogens with one attached hydrogen (secondary N) is 1. The molecule has 3 N–H and O–H groups in total. The third kappa shape index (κ3) is 4.47. The Morgan fingerprint density at radius 2 is 2.06 bits per heavy atom. The molecule has 18 heavy (non-hydrogen) atoms. The number of carbonyl (C=O) groups excluding carboxylic acids is 1. The van der Waals surface area contributed by atoms with Gasteiger partial charge in [-0.05, 0) is 12.1 Å². The van der Waals surface area contributed by atoms with Gasteiger partial charge in [0, 0.05) is 6.20 Å². The fourth-order valence-electron chi connectivity index (χ4n) is 1.11. The van der Waals surface area contributed by atoms with Gasteiger partial charge >= 0.3 is 5.97 Å². The molecule has 1 unspecified atom stereocenters. The number of carboxylic acids is 1. The van der Waals surface area contributed by atoms with E-state index in [-0.39, 0.29) is 5.69 Å². The Balaban J connectivity index is 2.80. The Bertz CT molecular complexity index is 541. The lowest BCUT2D eigenvalue weighted by molar-refractivity contribution is -0.138. The first-order valence-electron chi connectivity index (χ1n) is 4.69. The summed E-state index contributed by atoms with van der Waals surface area (Å²) in [6, 6.07) is 2.67. The normalized spacial score (nSPS) is 12.7. The highest BCUT2D eigenvalue weighted by Gasteiger charge is 2.26. The Kier molecular flexibility index (Phi) is 4.34. The van der Waals surface area contributed by atoms with Gasteiger partial charge in [-0.1, -0.05) is 6.07 Å². The van der Waals surface area contributed by atoms with Crippen LogP contribution in [0.4, 0.5) is 0 Å². The standard InChI is InChI=1S/C9H10N2O6S/c12-8(6-3-1-2-4-10-6)11-7(9(13)14)5-18(15,16)17/h1-4,7H,5H2,(H,11,12)(H,13,14)(H,15,16,17). The van der Waals surface area contributed by atoms with Gasteiger partial charge < -0.3 is 10.4 Å². The average molecular weight is 274 g/mol. The monoisotopic (exact) mass is 274 g/mol. The Labute approximate surface area is 102 Å². The minimum Gasteiger partial charge on any atom is -0.480 e. The zero-order valence-electron chi connectivity index (χ0n) is 8.98. The first kappa shape index (κ1) is 14.1. The Morgan fingerprint density at radius 1 is 1.39 bits per heavy atom. The van der Waals surface area contributed by atoms with E-state index in [0.29, 0.717) is 0 Å². The lowest BCUT2D eigenvalue weighted by Gasteiger charge is -2.12. The molecular formula is C9H10N2O6S. The van der Waals surface area contributed by atoms with Crippen LogP contribution in [0.5, 0.6) is 0 Å². The van der Waals surface area contributed by atoms with Crippen LogP contribution >= 0.6 is 0 Å². The van der Waals surface area contributed by atoms with Crippen LogP contribution in [0, 0.1) is 0 Å². The number of aromatic nitrogens is 1. The lowest BCUT2D eigenvalue weighted by Crippen LogP contribution is -2.45. The van der Waals surface area contributed by atoms with E-state index in [4.69, 9.17) is 9.66 Å². The summed E-state index contributed by atoms with van der Waals surface area (Å²) >= 11 is 0. The summed E-state index contributed by atoms with van der Waals surface area (Å²) in [5, 5.41) is 10.7. The second kappa shape index (κ2) is 5.56. The molecule has 0 aliphatic carbocycles. The van der Waals surface area contributed by atoms with Crippen molar-refractivity contribution in [3.8, 4) is 0 Å². The summed E-state index contributed by atoms with van der Waals surface area (Å²) in [4.78, 5) is 25.9. The van der Waals surface area contributed by atoms with E-state index in [2.05, 4.69) is 4.98 Å². The van der Waals surface area contributed by atoms with Crippen LogP contribution in [0.15, 0.2) is 24.4 Å². The first-order valence-corrected chi connectivity index (χ1v) is 6.30. The van der Waals surface area contributed by atoms with E-state index in [9.17, 15) is 18.0 Å². The number of hydrogen-bond acceptors (Lipinski definition) is 5. The fourth-order valence-corrected chi connectivity index (χ4v) is 1.76. The van der Waals surface area contributed by atoms with Gasteiger partial charge in [-0.15, -0.1) is 0 Å². The van der Waals surface area contributed by atoms with Crippen molar-refractivity contribution in [1.82, 2.24) is 10.3 Å². The highest BCUT2D eigenvalue weighted by atomic mass is 32.2. The summed E-state index contributed by atoms with van der Waals surface area (Å²) in [5.74, 6) is -3.52. The molecule has 8 nitrogen and oxygen atoms in total. The van der Waals surface area contributed by atoms with Crippen molar-refractivity contribution in [3.05, 3.63) is 30.1 Å². The maximum absolute atomic E-state index is 11.5. The van der Waals surface area contributed by atoms with Crippen LogP contribution in [0.3, 0.4) is 0 Å². The van der Waals surface area contributed by atoms with Crippen LogP contribution in [0.25, 0.3) is 0 Å². The number of carbonyl (C=O) groups is 2. The van der Waals surface area contributed by atoms with Crippen molar-refractivity contribution in [2.45, 2.75) is 6.04 Å². The van der Waals surface area contributed by atoms with Gasteiger partial charge in [0.1, 0.15) is 17.5 Å². The molecule has 9 heteroatoms. The highest BCUT2D eigenvalue weighted by Crippen LogP contribution is 1.97. The maximum atomic E-state index is 11.5. The smallest absolute Gasteiger partial charge is 0.327 e. The molecule has 98 valence electrons. The zero-order chi connectivity index (χ0) is 13.8. The van der Waals surface area contributed by atoms with Gasteiger partial charge in [-0.25, -0.2) is 4.79 Å². The predicted molar refractivity (Wildman–Crippen MR) is 59.5 cm³/mol. The molecule has 1 atom stereocenters. The van der Waals surface area contributed by atoms with Crippen LogP contribution in [-0.4, -0.2) is 46.7 Å². The van der Waals surface area contributed by atoms with Crippen LogP contribution in [0.1, 0.15) is 10.5 Å². The van der Waals surface area contributed by atoms with Crippen molar-refractivity contribution in [2.75, 3.05) is 5.75 Å². The number of pyridine rings is 1. The van der Waals surface area contributed by atoms with Gasteiger partial charge in [0.2, 0.25) is 0 Å². The largest absolute Gasteiger partial charge is 0.480 e. The number of aliphatic carboxylic acids is 1. The summed E-state index contributed by atoms with van der Waals surface area (Å²) in [6.07, 6.45) is 1.33. The molecule has 0 saturated heterocycles. The van der Waals surface area contributed by atoms with Gasteiger partial charge in [-0.3, -0.25) is 14.3 Å². The van der Waals surface area contributed by atoms with Gasteiger partial charge in [0.05, 0.1) is 0 Å². The second-order valence-corrected chi connectivity index (χ2v) is 4.83. The van der Waals surface area contributed by atoms with Crippen molar-refractivity contribution < 1.29 is 27.7 Å². The molecule has 0 aromatic carbocycles. The van der Waals surface area contributed by atoms with E-state index in [1.54, 1.807) is 6.07 Å². The quantitative estimate of drug-likeness (QED) is 0.595. The molecule has 0 spiro atoms. The van der Waals surface area contributed by atoms with E-state index in [1.165, 1.54) is 18.3 Å². The Morgan fingerprint density at radius 3 is 2.50 bits per heavy atom. The predicted octanol–water partition coefficient (Wildman–Crippen LogP) is -0.848. The number of nitrogens with zero attached hydrogens (tertiary/aromatic N) is 1. The number of hydrogen-bond donors (Lipinski definition) is 3. The topological polar surface area (TPSA) is 134 Å². The molecule has 0 aliphatic rings. The molecular weight excluding hydrogens is 264 g/mol. The van der Waals surface area contributed by atoms with Crippen LogP contribution in [-0.2, 0) is 14.9 Å². The number of carboxylic acid groups (broad SMARTS) is 1. The molecule has 1 aromatic heterocycles. The third-order valence-corrected chi connectivity index (χ3v) is 2.63. The summed E-state index contributed by atoms with van der Waals surface area (Å²) in [5.41, 5.74) is -0.0564. The van der Waals surface area contributed by atoms with Crippen LogP contribution in [0.2, 0.25) is 0 Å². The van der Waals surface area contributed by atoms with E-state index in [0.717, 1.165) is 0 Å². The summed E-state index contributed by atoms with van der Waals surface area (Å²) in [7, 11) is -4.51. The van der Waals surface area contributed by atoms with Gasteiger partial charge in [-0.2, -0.15) is 8.42 Å². The average Bonchev–Trinajstić information content (AvgIpc) is 2.27. The summed E-state index contributed by atoms with van der Waals surface area (Å²) < 4.78 is 29.7. The minimum atomic E-state index is -4.51. The van der Waals surface area contributed by atoms with Gasteiger partial charge in [0.15, 0.2) is 0 Å². The van der Waals surface area contributed by atoms with E-state index < -0.39 is 33.8 Å². The summed E-state index contributed by atoms with van der Waals surface area (Å²) in [6.45, 7) is 0. The molecule has 0 bridgehead atoms. The maximum Gasteiger partial charge on any atom is 0.327 e. The fraction of sp³-hybridized carbons (Fsp3) is 0.222. The van der Waals surface area contributed by atoms with Crippen molar-refractivity contribution in [3.63, 3.8) is 0 Å². The molecule has 1 heterocycles. The second-order valence-electron chi connectivity index (χ2n) is 3.33. The lowest BCUT2D eigenvalue weighted by atomic mass is 10.3.